The standard InChI is InChI=1S/C13H14N4OS/c1-9(12-15-7-8-16-12)17-13(18)11-5-4-10(19-11)3-2-6-14/h4-5,7-9H,6,14H2,1H3,(H,15,16)(H,17,18). The van der Waals surface area contributed by atoms with Gasteiger partial charge in [0.05, 0.1) is 22.3 Å². The molecule has 1 unspecified atom stereocenters. The lowest BCUT2D eigenvalue weighted by Crippen LogP contribution is -2.26. The number of hydrogen-bond acceptors (Lipinski definition) is 4. The van der Waals surface area contributed by atoms with E-state index in [0.29, 0.717) is 11.4 Å². The fraction of sp³-hybridized carbons (Fsp3) is 0.231. The highest BCUT2D eigenvalue weighted by molar-refractivity contribution is 7.14. The van der Waals surface area contributed by atoms with Crippen molar-refractivity contribution in [1.29, 1.82) is 0 Å². The van der Waals surface area contributed by atoms with Gasteiger partial charge in [-0.3, -0.25) is 4.79 Å². The summed E-state index contributed by atoms with van der Waals surface area (Å²) < 4.78 is 0. The number of aromatic amines is 1. The van der Waals surface area contributed by atoms with E-state index in [1.807, 2.05) is 13.0 Å². The average molecular weight is 274 g/mol. The lowest BCUT2D eigenvalue weighted by Gasteiger charge is -2.10. The summed E-state index contributed by atoms with van der Waals surface area (Å²) in [6, 6.07) is 3.41. The van der Waals surface area contributed by atoms with Gasteiger partial charge in [0.25, 0.3) is 5.91 Å². The van der Waals surface area contributed by atoms with Crippen LogP contribution in [0.25, 0.3) is 0 Å². The Labute approximate surface area is 115 Å². The molecule has 19 heavy (non-hydrogen) atoms. The van der Waals surface area contributed by atoms with Gasteiger partial charge in [-0.15, -0.1) is 11.3 Å². The highest BCUT2D eigenvalue weighted by Crippen LogP contribution is 2.16. The van der Waals surface area contributed by atoms with Crippen molar-refractivity contribution >= 4 is 17.2 Å². The first-order valence-electron chi connectivity index (χ1n) is 5.79. The van der Waals surface area contributed by atoms with Gasteiger partial charge in [0.15, 0.2) is 0 Å². The Morgan fingerprint density at radius 1 is 1.63 bits per heavy atom. The van der Waals surface area contributed by atoms with Crippen LogP contribution in [0.15, 0.2) is 24.5 Å². The molecular formula is C13H14N4OS. The van der Waals surface area contributed by atoms with E-state index in [0.717, 1.165) is 10.7 Å². The Bertz CT molecular complexity index is 606. The molecule has 0 saturated carbocycles. The molecule has 0 aliphatic rings. The predicted octanol–water partition coefficient (Wildman–Crippen LogP) is 1.27. The number of carbonyl (C=O) groups is 1. The molecule has 2 aromatic heterocycles. The molecule has 2 aromatic rings. The minimum absolute atomic E-state index is 0.130. The third-order valence-corrected chi connectivity index (χ3v) is 3.42. The second kappa shape index (κ2) is 6.18. The van der Waals surface area contributed by atoms with Crippen molar-refractivity contribution < 1.29 is 4.79 Å². The van der Waals surface area contributed by atoms with E-state index >= 15 is 0 Å². The van der Waals surface area contributed by atoms with E-state index in [9.17, 15) is 4.79 Å². The number of thiophene rings is 1. The van der Waals surface area contributed by atoms with Crippen LogP contribution in [0.4, 0.5) is 0 Å². The Hall–Kier alpha value is -2.10. The molecule has 0 radical (unpaired) electrons. The van der Waals surface area contributed by atoms with Crippen molar-refractivity contribution in [1.82, 2.24) is 15.3 Å². The number of aromatic nitrogens is 2. The Balaban J connectivity index is 2.02. The van der Waals surface area contributed by atoms with Crippen molar-refractivity contribution in [3.8, 4) is 11.8 Å². The fourth-order valence-corrected chi connectivity index (χ4v) is 2.30. The van der Waals surface area contributed by atoms with Gasteiger partial charge in [-0.05, 0) is 19.1 Å². The Morgan fingerprint density at radius 2 is 2.47 bits per heavy atom. The molecule has 2 rings (SSSR count). The molecule has 0 aromatic carbocycles. The maximum Gasteiger partial charge on any atom is 0.261 e. The number of nitrogens with two attached hydrogens (primary N) is 1. The van der Waals surface area contributed by atoms with Gasteiger partial charge in [-0.2, -0.15) is 0 Å². The summed E-state index contributed by atoms with van der Waals surface area (Å²) in [7, 11) is 0. The van der Waals surface area contributed by atoms with Crippen molar-refractivity contribution in [2.75, 3.05) is 6.54 Å². The van der Waals surface area contributed by atoms with Crippen molar-refractivity contribution in [3.05, 3.63) is 40.1 Å². The normalized spacial score (nSPS) is 11.5. The number of imidazole rings is 1. The number of carbonyl (C=O) groups excluding carboxylic acids is 1. The van der Waals surface area contributed by atoms with Crippen LogP contribution in [0, 0.1) is 11.8 Å². The van der Waals surface area contributed by atoms with Crippen LogP contribution in [0.1, 0.15) is 33.3 Å². The van der Waals surface area contributed by atoms with Crippen LogP contribution >= 0.6 is 11.3 Å². The van der Waals surface area contributed by atoms with Gasteiger partial charge in [-0.25, -0.2) is 4.98 Å². The van der Waals surface area contributed by atoms with E-state index in [1.54, 1.807) is 18.5 Å². The van der Waals surface area contributed by atoms with Crippen LogP contribution < -0.4 is 11.1 Å². The Morgan fingerprint density at radius 3 is 3.16 bits per heavy atom. The predicted molar refractivity (Wildman–Crippen MR) is 74.7 cm³/mol. The number of amides is 1. The van der Waals surface area contributed by atoms with Gasteiger partial charge in [0, 0.05) is 12.4 Å². The molecule has 1 amide bonds. The monoisotopic (exact) mass is 274 g/mol. The quantitative estimate of drug-likeness (QED) is 0.737. The first-order valence-corrected chi connectivity index (χ1v) is 6.61. The van der Waals surface area contributed by atoms with Crippen molar-refractivity contribution in [2.24, 2.45) is 5.73 Å². The molecule has 0 spiro atoms. The minimum atomic E-state index is -0.164. The highest BCUT2D eigenvalue weighted by atomic mass is 32.1. The van der Waals surface area contributed by atoms with E-state index < -0.39 is 0 Å². The van der Waals surface area contributed by atoms with E-state index in [2.05, 4.69) is 27.1 Å². The van der Waals surface area contributed by atoms with E-state index in [-0.39, 0.29) is 11.9 Å². The maximum atomic E-state index is 12.0. The lowest BCUT2D eigenvalue weighted by atomic mass is 10.3. The summed E-state index contributed by atoms with van der Waals surface area (Å²) >= 11 is 1.35. The van der Waals surface area contributed by atoms with Crippen LogP contribution in [0.2, 0.25) is 0 Å². The van der Waals surface area contributed by atoms with Gasteiger partial charge in [-0.1, -0.05) is 11.8 Å². The first kappa shape index (κ1) is 13.3. The number of nitrogens with zero attached hydrogens (tertiary/aromatic N) is 1. The Kier molecular flexibility index (Phi) is 4.34. The molecule has 5 nitrogen and oxygen atoms in total. The molecule has 98 valence electrons. The summed E-state index contributed by atoms with van der Waals surface area (Å²) in [4.78, 5) is 20.6. The van der Waals surface area contributed by atoms with Crippen LogP contribution in [-0.4, -0.2) is 22.4 Å². The zero-order chi connectivity index (χ0) is 13.7. The summed E-state index contributed by atoms with van der Waals surface area (Å²) in [6.07, 6.45) is 3.38. The number of H-pyrrole nitrogens is 1. The average Bonchev–Trinajstić information content (AvgIpc) is 3.07. The van der Waals surface area contributed by atoms with E-state index in [4.69, 9.17) is 5.73 Å². The molecule has 2 heterocycles. The third-order valence-electron chi connectivity index (χ3n) is 2.42. The summed E-state index contributed by atoms with van der Waals surface area (Å²) in [5, 5.41) is 2.87. The highest BCUT2D eigenvalue weighted by Gasteiger charge is 2.14. The third kappa shape index (κ3) is 3.44. The van der Waals surface area contributed by atoms with Crippen LogP contribution in [0.5, 0.6) is 0 Å². The molecule has 0 fully saturated rings. The molecule has 1 atom stereocenters. The number of nitrogens with one attached hydrogen (secondary N) is 2. The van der Waals surface area contributed by atoms with Gasteiger partial charge >= 0.3 is 0 Å². The lowest BCUT2D eigenvalue weighted by molar-refractivity contribution is 0.0942. The fourth-order valence-electron chi connectivity index (χ4n) is 1.52. The first-order chi connectivity index (χ1) is 9.20. The smallest absolute Gasteiger partial charge is 0.261 e. The topological polar surface area (TPSA) is 83.8 Å². The second-order valence-electron chi connectivity index (χ2n) is 3.84. The van der Waals surface area contributed by atoms with E-state index in [1.165, 1.54) is 11.3 Å². The van der Waals surface area contributed by atoms with Crippen molar-refractivity contribution in [3.63, 3.8) is 0 Å². The molecular weight excluding hydrogens is 260 g/mol. The molecule has 0 aliphatic heterocycles. The van der Waals surface area contributed by atoms with Gasteiger partial charge in [0.1, 0.15) is 5.82 Å². The summed E-state index contributed by atoms with van der Waals surface area (Å²) in [5.41, 5.74) is 5.30. The van der Waals surface area contributed by atoms with Crippen LogP contribution in [0.3, 0.4) is 0 Å². The second-order valence-corrected chi connectivity index (χ2v) is 4.92. The molecule has 0 saturated heterocycles. The SMILES string of the molecule is CC(NC(=O)c1ccc(C#CCN)s1)c1ncc[nH]1. The zero-order valence-corrected chi connectivity index (χ0v) is 11.3. The molecule has 0 aliphatic carbocycles. The van der Waals surface area contributed by atoms with Crippen molar-refractivity contribution in [2.45, 2.75) is 13.0 Å². The number of hydrogen-bond donors (Lipinski definition) is 3. The zero-order valence-electron chi connectivity index (χ0n) is 10.4. The van der Waals surface area contributed by atoms with Gasteiger partial charge in [0.2, 0.25) is 0 Å². The minimum Gasteiger partial charge on any atom is -0.347 e. The summed E-state index contributed by atoms with van der Waals surface area (Å²) in [5.74, 6) is 6.27. The largest absolute Gasteiger partial charge is 0.347 e. The maximum absolute atomic E-state index is 12.0. The number of rotatable bonds is 3. The summed E-state index contributed by atoms with van der Waals surface area (Å²) in [6.45, 7) is 2.19. The molecule has 0 bridgehead atoms. The van der Waals surface area contributed by atoms with Gasteiger partial charge < -0.3 is 16.0 Å². The van der Waals surface area contributed by atoms with Crippen LogP contribution in [-0.2, 0) is 0 Å². The molecule has 4 N–H and O–H groups in total. The molecule has 6 heteroatoms.